The zero-order valence-electron chi connectivity index (χ0n) is 20.0. The Labute approximate surface area is 208 Å². The van der Waals surface area contributed by atoms with E-state index in [1.807, 2.05) is 12.1 Å². The standard InChI is InChI=1S/C26H28N6O4/c1-29(16-17-33)22-18-21(23-24(28-36-27-23)26(22)32(34)35)30-12-14-31(15-13-30)25(19-8-4-2-5-9-19)20-10-6-3-7-11-20/h2-11,18,25,33H,12-17H2,1H3. The topological polar surface area (TPSA) is 112 Å². The summed E-state index contributed by atoms with van der Waals surface area (Å²) in [5, 5.41) is 29.2. The molecule has 0 spiro atoms. The van der Waals surface area contributed by atoms with E-state index in [-0.39, 0.29) is 30.4 Å². The predicted molar refractivity (Wildman–Crippen MR) is 137 cm³/mol. The second kappa shape index (κ2) is 10.3. The maximum absolute atomic E-state index is 11.9. The third kappa shape index (κ3) is 4.48. The normalized spacial score (nSPS) is 14.5. The lowest BCUT2D eigenvalue weighted by atomic mass is 9.96. The van der Waals surface area contributed by atoms with Crippen LogP contribution in [0.4, 0.5) is 17.1 Å². The second-order valence-electron chi connectivity index (χ2n) is 8.87. The fraction of sp³-hybridized carbons (Fsp3) is 0.308. The summed E-state index contributed by atoms with van der Waals surface area (Å²) in [5.41, 5.74) is 3.92. The molecule has 3 aromatic carbocycles. The molecule has 0 unspecified atom stereocenters. The Kier molecular flexibility index (Phi) is 6.79. The molecule has 4 aromatic rings. The molecule has 1 saturated heterocycles. The maximum Gasteiger partial charge on any atom is 0.323 e. The van der Waals surface area contributed by atoms with Crippen LogP contribution in [0.15, 0.2) is 71.4 Å². The lowest BCUT2D eigenvalue weighted by Crippen LogP contribution is -2.48. The first kappa shape index (κ1) is 23.7. The van der Waals surface area contributed by atoms with E-state index in [1.165, 1.54) is 11.1 Å². The average Bonchev–Trinajstić information content (AvgIpc) is 3.39. The zero-order valence-corrected chi connectivity index (χ0v) is 20.0. The molecule has 0 bridgehead atoms. The number of benzene rings is 3. The van der Waals surface area contributed by atoms with Crippen LogP contribution in [0.1, 0.15) is 17.2 Å². The van der Waals surface area contributed by atoms with Crippen LogP contribution < -0.4 is 9.80 Å². The number of aliphatic hydroxyl groups is 1. The van der Waals surface area contributed by atoms with Crippen LogP contribution in [-0.2, 0) is 0 Å². The van der Waals surface area contributed by atoms with Crippen molar-refractivity contribution < 1.29 is 14.7 Å². The fourth-order valence-corrected chi connectivity index (χ4v) is 4.99. The number of aliphatic hydroxyl groups excluding tert-OH is 1. The maximum atomic E-state index is 11.9. The summed E-state index contributed by atoms with van der Waals surface area (Å²) < 4.78 is 4.95. The molecule has 36 heavy (non-hydrogen) atoms. The summed E-state index contributed by atoms with van der Waals surface area (Å²) in [7, 11) is 1.71. The molecule has 1 aliphatic rings. The van der Waals surface area contributed by atoms with Gasteiger partial charge < -0.3 is 14.9 Å². The van der Waals surface area contributed by atoms with Gasteiger partial charge in [0.25, 0.3) is 0 Å². The van der Waals surface area contributed by atoms with Gasteiger partial charge in [-0.15, -0.1) is 0 Å². The Morgan fingerprint density at radius 2 is 1.58 bits per heavy atom. The van der Waals surface area contributed by atoms with Crippen molar-refractivity contribution in [1.29, 1.82) is 0 Å². The zero-order chi connectivity index (χ0) is 25.1. The van der Waals surface area contributed by atoms with E-state index in [0.717, 1.165) is 18.8 Å². The third-order valence-corrected chi connectivity index (χ3v) is 6.75. The minimum Gasteiger partial charge on any atom is -0.395 e. The van der Waals surface area contributed by atoms with Gasteiger partial charge >= 0.3 is 5.69 Å². The SMILES string of the molecule is CN(CCO)c1cc(N2CCN(C(c3ccccc3)c3ccccc3)CC2)c2nonc2c1[N+](=O)[O-]. The quantitative estimate of drug-likeness (QED) is 0.294. The molecule has 186 valence electrons. The summed E-state index contributed by atoms with van der Waals surface area (Å²) in [5.74, 6) is 0. The van der Waals surface area contributed by atoms with Gasteiger partial charge in [-0.3, -0.25) is 15.0 Å². The number of piperazine rings is 1. The van der Waals surface area contributed by atoms with Crippen LogP contribution >= 0.6 is 0 Å². The summed E-state index contributed by atoms with van der Waals surface area (Å²) in [6.07, 6.45) is 0. The van der Waals surface area contributed by atoms with Crippen molar-refractivity contribution in [2.75, 3.05) is 56.2 Å². The predicted octanol–water partition coefficient (Wildman–Crippen LogP) is 3.47. The van der Waals surface area contributed by atoms with Gasteiger partial charge in [0.2, 0.25) is 5.52 Å². The number of anilines is 2. The monoisotopic (exact) mass is 488 g/mol. The van der Waals surface area contributed by atoms with E-state index < -0.39 is 4.92 Å². The average molecular weight is 489 g/mol. The molecule has 0 aliphatic carbocycles. The van der Waals surface area contributed by atoms with Gasteiger partial charge in [0.1, 0.15) is 5.69 Å². The highest BCUT2D eigenvalue weighted by Gasteiger charge is 2.32. The molecular formula is C26H28N6O4. The smallest absolute Gasteiger partial charge is 0.323 e. The summed E-state index contributed by atoms with van der Waals surface area (Å²) >= 11 is 0. The van der Waals surface area contributed by atoms with Crippen molar-refractivity contribution >= 4 is 28.1 Å². The van der Waals surface area contributed by atoms with Gasteiger partial charge in [0.15, 0.2) is 5.52 Å². The van der Waals surface area contributed by atoms with E-state index >= 15 is 0 Å². The van der Waals surface area contributed by atoms with E-state index in [0.29, 0.717) is 24.3 Å². The largest absolute Gasteiger partial charge is 0.395 e. The lowest BCUT2D eigenvalue weighted by molar-refractivity contribution is -0.382. The van der Waals surface area contributed by atoms with Crippen LogP contribution in [0.25, 0.3) is 11.0 Å². The highest BCUT2D eigenvalue weighted by atomic mass is 16.6. The van der Waals surface area contributed by atoms with E-state index in [4.69, 9.17) is 4.63 Å². The number of nitrogens with zero attached hydrogens (tertiary/aromatic N) is 6. The summed E-state index contributed by atoms with van der Waals surface area (Å²) in [4.78, 5) is 17.7. The molecule has 1 aromatic heterocycles. The lowest BCUT2D eigenvalue weighted by Gasteiger charge is -2.40. The number of nitro benzene ring substituents is 1. The first-order valence-corrected chi connectivity index (χ1v) is 11.9. The highest BCUT2D eigenvalue weighted by Crippen LogP contribution is 2.40. The third-order valence-electron chi connectivity index (χ3n) is 6.75. The van der Waals surface area contributed by atoms with E-state index in [2.05, 4.69) is 68.6 Å². The van der Waals surface area contributed by atoms with Gasteiger partial charge in [-0.25, -0.2) is 4.63 Å². The van der Waals surface area contributed by atoms with Crippen molar-refractivity contribution in [1.82, 2.24) is 15.2 Å². The minimum absolute atomic E-state index is 0.117. The van der Waals surface area contributed by atoms with Crippen molar-refractivity contribution in [3.63, 3.8) is 0 Å². The van der Waals surface area contributed by atoms with Crippen molar-refractivity contribution in [3.05, 3.63) is 88.0 Å². The first-order valence-electron chi connectivity index (χ1n) is 11.9. The van der Waals surface area contributed by atoms with Crippen LogP contribution in [0.3, 0.4) is 0 Å². The van der Waals surface area contributed by atoms with Gasteiger partial charge in [-0.1, -0.05) is 60.7 Å². The number of hydrogen-bond acceptors (Lipinski definition) is 9. The van der Waals surface area contributed by atoms with Crippen molar-refractivity contribution in [3.8, 4) is 0 Å². The summed E-state index contributed by atoms with van der Waals surface area (Å²) in [6.45, 7) is 3.12. The Balaban J connectivity index is 1.46. The number of fused-ring (bicyclic) bond motifs is 1. The molecule has 5 rings (SSSR count). The number of likely N-dealkylation sites (N-methyl/N-ethyl adjacent to an activating group) is 1. The molecule has 0 saturated carbocycles. The van der Waals surface area contributed by atoms with Crippen molar-refractivity contribution in [2.24, 2.45) is 0 Å². The van der Waals surface area contributed by atoms with Crippen molar-refractivity contribution in [2.45, 2.75) is 6.04 Å². The summed E-state index contributed by atoms with van der Waals surface area (Å²) in [6, 6.07) is 22.9. The molecule has 0 atom stereocenters. The number of rotatable bonds is 8. The molecule has 1 fully saturated rings. The van der Waals surface area contributed by atoms with Gasteiger partial charge in [-0.05, 0) is 27.5 Å². The molecule has 10 nitrogen and oxygen atoms in total. The fourth-order valence-electron chi connectivity index (χ4n) is 4.99. The van der Waals surface area contributed by atoms with Crippen LogP contribution in [-0.4, -0.2) is 71.6 Å². The molecule has 10 heteroatoms. The van der Waals surface area contributed by atoms with E-state index in [9.17, 15) is 15.2 Å². The number of nitro groups is 1. The molecule has 1 aliphatic heterocycles. The molecule has 0 radical (unpaired) electrons. The molecule has 0 amide bonds. The Morgan fingerprint density at radius 3 is 2.14 bits per heavy atom. The van der Waals surface area contributed by atoms with Gasteiger partial charge in [0.05, 0.1) is 23.3 Å². The minimum atomic E-state index is -0.470. The van der Waals surface area contributed by atoms with E-state index in [1.54, 1.807) is 18.0 Å². The molecular weight excluding hydrogens is 460 g/mol. The Morgan fingerprint density at radius 1 is 1.00 bits per heavy atom. The van der Waals surface area contributed by atoms with Gasteiger partial charge in [0, 0.05) is 39.8 Å². The Hall–Kier alpha value is -4.02. The number of hydrogen-bond donors (Lipinski definition) is 1. The molecule has 1 N–H and O–H groups in total. The molecule has 2 heterocycles. The number of aromatic nitrogens is 2. The van der Waals surface area contributed by atoms with Crippen LogP contribution in [0, 0.1) is 10.1 Å². The Bertz CT molecular complexity index is 1280. The first-order chi connectivity index (χ1) is 17.6. The van der Waals surface area contributed by atoms with Crippen LogP contribution in [0.2, 0.25) is 0 Å². The highest BCUT2D eigenvalue weighted by molar-refractivity contribution is 6.00. The second-order valence-corrected chi connectivity index (χ2v) is 8.87. The van der Waals surface area contributed by atoms with Gasteiger partial charge in [-0.2, -0.15) is 0 Å². The van der Waals surface area contributed by atoms with Crippen LogP contribution in [0.5, 0.6) is 0 Å².